The molecule has 1 aromatic heterocycles. The van der Waals surface area contributed by atoms with Crippen LogP contribution in [0.15, 0.2) is 42.5 Å². The Hall–Kier alpha value is -2.29. The van der Waals surface area contributed by atoms with Crippen molar-refractivity contribution in [2.75, 3.05) is 6.61 Å². The summed E-state index contributed by atoms with van der Waals surface area (Å²) in [5.74, 6) is 2.89. The van der Waals surface area contributed by atoms with Gasteiger partial charge in [-0.05, 0) is 49.9 Å². The van der Waals surface area contributed by atoms with Crippen molar-refractivity contribution >= 4 is 11.0 Å². The van der Waals surface area contributed by atoms with Gasteiger partial charge in [0.1, 0.15) is 18.2 Å². The molecule has 0 spiro atoms. The summed E-state index contributed by atoms with van der Waals surface area (Å²) in [6.45, 7) is 5.72. The van der Waals surface area contributed by atoms with Crippen LogP contribution >= 0.6 is 0 Å². The zero-order valence-electron chi connectivity index (χ0n) is 13.7. The minimum atomic E-state index is 0.641. The molecule has 3 aromatic rings. The molecule has 4 rings (SSSR count). The van der Waals surface area contributed by atoms with Crippen LogP contribution in [0.3, 0.4) is 0 Å². The van der Waals surface area contributed by atoms with Crippen molar-refractivity contribution in [1.82, 2.24) is 9.55 Å². The van der Waals surface area contributed by atoms with Crippen molar-refractivity contribution in [1.29, 1.82) is 0 Å². The molecule has 1 fully saturated rings. The Morgan fingerprint density at radius 2 is 1.78 bits per heavy atom. The lowest BCUT2D eigenvalue weighted by atomic mass is 10.1. The predicted molar refractivity (Wildman–Crippen MR) is 93.1 cm³/mol. The molecule has 1 aliphatic rings. The van der Waals surface area contributed by atoms with Gasteiger partial charge in [0, 0.05) is 5.92 Å². The van der Waals surface area contributed by atoms with Crippen LogP contribution in [0.2, 0.25) is 0 Å². The highest BCUT2D eigenvalue weighted by Gasteiger charge is 2.29. The third-order valence-corrected chi connectivity index (χ3v) is 4.60. The molecule has 3 nitrogen and oxygen atoms in total. The molecule has 0 saturated heterocycles. The number of benzene rings is 2. The van der Waals surface area contributed by atoms with Gasteiger partial charge >= 0.3 is 0 Å². The van der Waals surface area contributed by atoms with Crippen molar-refractivity contribution < 1.29 is 4.74 Å². The van der Waals surface area contributed by atoms with Crippen LogP contribution in [-0.4, -0.2) is 16.2 Å². The molecule has 0 bridgehead atoms. The normalized spacial score (nSPS) is 14.3. The van der Waals surface area contributed by atoms with Crippen molar-refractivity contribution in [2.45, 2.75) is 39.2 Å². The van der Waals surface area contributed by atoms with E-state index in [0.717, 1.165) is 17.8 Å². The second-order valence-electron chi connectivity index (χ2n) is 6.45. The third kappa shape index (κ3) is 2.72. The number of hydrogen-bond acceptors (Lipinski definition) is 2. The zero-order chi connectivity index (χ0) is 15.8. The molecular weight excluding hydrogens is 284 g/mol. The van der Waals surface area contributed by atoms with Gasteiger partial charge in [0.05, 0.1) is 17.6 Å². The Kier molecular flexibility index (Phi) is 3.56. The summed E-state index contributed by atoms with van der Waals surface area (Å²) in [5.41, 5.74) is 4.71. The molecule has 0 atom stereocenters. The Morgan fingerprint density at radius 3 is 2.52 bits per heavy atom. The molecule has 1 aliphatic carbocycles. The van der Waals surface area contributed by atoms with Crippen LogP contribution in [0.4, 0.5) is 0 Å². The van der Waals surface area contributed by atoms with E-state index in [4.69, 9.17) is 9.72 Å². The summed E-state index contributed by atoms with van der Waals surface area (Å²) >= 11 is 0. The summed E-state index contributed by atoms with van der Waals surface area (Å²) in [5, 5.41) is 0. The smallest absolute Gasteiger partial charge is 0.125 e. The summed E-state index contributed by atoms with van der Waals surface area (Å²) in [6, 6.07) is 14.7. The SMILES string of the molecule is Cc1cccc(C)c1OCCn1c(C2CC2)nc2ccccc21. The number of rotatable bonds is 5. The molecule has 0 aliphatic heterocycles. The first-order valence-electron chi connectivity index (χ1n) is 8.38. The summed E-state index contributed by atoms with van der Waals surface area (Å²) < 4.78 is 8.44. The van der Waals surface area contributed by atoms with Crippen LogP contribution in [0.5, 0.6) is 5.75 Å². The third-order valence-electron chi connectivity index (χ3n) is 4.60. The fourth-order valence-corrected chi connectivity index (χ4v) is 3.25. The van der Waals surface area contributed by atoms with E-state index in [2.05, 4.69) is 60.9 Å². The van der Waals surface area contributed by atoms with E-state index in [-0.39, 0.29) is 0 Å². The number of ether oxygens (including phenoxy) is 1. The first kappa shape index (κ1) is 14.3. The topological polar surface area (TPSA) is 27.1 Å². The molecule has 0 unspecified atom stereocenters. The fraction of sp³-hybridized carbons (Fsp3) is 0.350. The largest absolute Gasteiger partial charge is 0.491 e. The first-order valence-corrected chi connectivity index (χ1v) is 8.38. The highest BCUT2D eigenvalue weighted by molar-refractivity contribution is 5.76. The highest BCUT2D eigenvalue weighted by atomic mass is 16.5. The standard InChI is InChI=1S/C20H22N2O/c1-14-6-5-7-15(2)19(14)23-13-12-22-18-9-4-3-8-17(18)21-20(22)16-10-11-16/h3-9,16H,10-13H2,1-2H3. The number of aryl methyl sites for hydroxylation is 2. The van der Waals surface area contributed by atoms with Crippen molar-refractivity contribution in [3.8, 4) is 5.75 Å². The van der Waals surface area contributed by atoms with Crippen LogP contribution in [0.25, 0.3) is 11.0 Å². The minimum Gasteiger partial charge on any atom is -0.491 e. The fourth-order valence-electron chi connectivity index (χ4n) is 3.25. The van der Waals surface area contributed by atoms with E-state index in [0.29, 0.717) is 12.5 Å². The number of hydrogen-bond donors (Lipinski definition) is 0. The average Bonchev–Trinajstić information content (AvgIpc) is 3.33. The number of nitrogens with zero attached hydrogens (tertiary/aromatic N) is 2. The van der Waals surface area contributed by atoms with Crippen LogP contribution < -0.4 is 4.74 Å². The van der Waals surface area contributed by atoms with E-state index < -0.39 is 0 Å². The molecular formula is C20H22N2O. The zero-order valence-corrected chi connectivity index (χ0v) is 13.7. The monoisotopic (exact) mass is 306 g/mol. The van der Waals surface area contributed by atoms with Crippen molar-refractivity contribution in [3.05, 3.63) is 59.4 Å². The van der Waals surface area contributed by atoms with E-state index >= 15 is 0 Å². The summed E-state index contributed by atoms with van der Waals surface area (Å²) in [7, 11) is 0. The molecule has 23 heavy (non-hydrogen) atoms. The molecule has 2 aromatic carbocycles. The lowest BCUT2D eigenvalue weighted by Gasteiger charge is -2.14. The van der Waals surface area contributed by atoms with Crippen LogP contribution in [0.1, 0.15) is 35.7 Å². The molecule has 3 heteroatoms. The summed E-state index contributed by atoms with van der Waals surface area (Å²) in [4.78, 5) is 4.84. The van der Waals surface area contributed by atoms with Gasteiger partial charge in [0.25, 0.3) is 0 Å². The van der Waals surface area contributed by atoms with Crippen LogP contribution in [-0.2, 0) is 6.54 Å². The lowest BCUT2D eigenvalue weighted by Crippen LogP contribution is -2.11. The van der Waals surface area contributed by atoms with Gasteiger partial charge in [-0.2, -0.15) is 0 Å². The van der Waals surface area contributed by atoms with Gasteiger partial charge in [0.15, 0.2) is 0 Å². The van der Waals surface area contributed by atoms with E-state index in [1.54, 1.807) is 0 Å². The van der Waals surface area contributed by atoms with E-state index in [1.807, 2.05) is 0 Å². The van der Waals surface area contributed by atoms with E-state index in [9.17, 15) is 0 Å². The van der Waals surface area contributed by atoms with Gasteiger partial charge in [-0.3, -0.25) is 0 Å². The molecule has 1 heterocycles. The average molecular weight is 306 g/mol. The van der Waals surface area contributed by atoms with Gasteiger partial charge in [0.2, 0.25) is 0 Å². The van der Waals surface area contributed by atoms with Gasteiger partial charge in [-0.25, -0.2) is 4.98 Å². The van der Waals surface area contributed by atoms with Crippen LogP contribution in [0, 0.1) is 13.8 Å². The Labute approximate surface area is 136 Å². The maximum Gasteiger partial charge on any atom is 0.125 e. The Morgan fingerprint density at radius 1 is 1.04 bits per heavy atom. The molecule has 118 valence electrons. The van der Waals surface area contributed by atoms with Crippen molar-refractivity contribution in [3.63, 3.8) is 0 Å². The number of imidazole rings is 1. The molecule has 0 N–H and O–H groups in total. The molecule has 0 amide bonds. The minimum absolute atomic E-state index is 0.641. The lowest BCUT2D eigenvalue weighted by molar-refractivity contribution is 0.294. The predicted octanol–water partition coefficient (Wildman–Crippen LogP) is 4.61. The van der Waals surface area contributed by atoms with Gasteiger partial charge in [-0.1, -0.05) is 30.3 Å². The maximum absolute atomic E-state index is 6.10. The maximum atomic E-state index is 6.10. The van der Waals surface area contributed by atoms with Crippen molar-refractivity contribution in [2.24, 2.45) is 0 Å². The number of aromatic nitrogens is 2. The Balaban J connectivity index is 1.57. The second kappa shape index (κ2) is 5.73. The summed E-state index contributed by atoms with van der Waals surface area (Å²) in [6.07, 6.45) is 2.53. The second-order valence-corrected chi connectivity index (χ2v) is 6.45. The Bertz CT molecular complexity index is 826. The molecule has 0 radical (unpaired) electrons. The quantitative estimate of drug-likeness (QED) is 0.688. The molecule has 1 saturated carbocycles. The number of fused-ring (bicyclic) bond motifs is 1. The van der Waals surface area contributed by atoms with E-state index in [1.165, 1.54) is 35.3 Å². The van der Waals surface area contributed by atoms with Gasteiger partial charge in [-0.15, -0.1) is 0 Å². The van der Waals surface area contributed by atoms with Gasteiger partial charge < -0.3 is 9.30 Å². The highest BCUT2D eigenvalue weighted by Crippen LogP contribution is 2.40. The first-order chi connectivity index (χ1) is 11.2. The number of para-hydroxylation sites is 3.